The van der Waals surface area contributed by atoms with E-state index in [1.165, 1.54) is 0 Å². The lowest BCUT2D eigenvalue weighted by atomic mass is 10.2. The molecule has 94 valence electrons. The summed E-state index contributed by atoms with van der Waals surface area (Å²) >= 11 is 0. The molecule has 2 bridgehead atoms. The van der Waals surface area contributed by atoms with E-state index in [2.05, 4.69) is 0 Å². The second-order valence-corrected chi connectivity index (χ2v) is 4.91. The zero-order chi connectivity index (χ0) is 12.4. The Bertz CT molecular complexity index is 439. The smallest absolute Gasteiger partial charge is 0.247 e. The average molecular weight is 243 g/mol. The quantitative estimate of drug-likeness (QED) is 0.744. The van der Waals surface area contributed by atoms with Crippen molar-refractivity contribution in [3.8, 4) is 0 Å². The highest BCUT2D eigenvalue weighted by atomic mass is 16.5. The molecular weight excluding hydrogens is 226 g/mol. The fraction of sp³-hybridized carbons (Fsp3) is 0.400. The van der Waals surface area contributed by atoms with Crippen molar-refractivity contribution in [1.82, 2.24) is 4.90 Å². The normalized spacial score (nSPS) is 26.8. The van der Waals surface area contributed by atoms with Gasteiger partial charge in [-0.2, -0.15) is 0 Å². The molecule has 1 amide bonds. The molecule has 0 aromatic heterocycles. The highest BCUT2D eigenvalue weighted by Crippen LogP contribution is 2.28. The third-order valence-corrected chi connectivity index (χ3v) is 3.71. The highest BCUT2D eigenvalue weighted by molar-refractivity contribution is 5.92. The number of rotatable bonds is 2. The third-order valence-electron chi connectivity index (χ3n) is 3.71. The van der Waals surface area contributed by atoms with Crippen LogP contribution in [0.15, 0.2) is 36.4 Å². The predicted octanol–water partition coefficient (Wildman–Crippen LogP) is 2.09. The first-order valence-electron chi connectivity index (χ1n) is 6.48. The van der Waals surface area contributed by atoms with Gasteiger partial charge in [-0.3, -0.25) is 4.79 Å². The van der Waals surface area contributed by atoms with Crippen LogP contribution in [0, 0.1) is 0 Å². The van der Waals surface area contributed by atoms with Crippen molar-refractivity contribution in [2.75, 3.05) is 13.2 Å². The molecule has 3 nitrogen and oxygen atoms in total. The average Bonchev–Trinajstić information content (AvgIpc) is 2.67. The fourth-order valence-electron chi connectivity index (χ4n) is 2.81. The van der Waals surface area contributed by atoms with Crippen LogP contribution in [0.25, 0.3) is 6.08 Å². The molecule has 2 aliphatic heterocycles. The number of morpholine rings is 1. The van der Waals surface area contributed by atoms with Crippen molar-refractivity contribution in [2.45, 2.75) is 24.9 Å². The Balaban J connectivity index is 1.70. The van der Waals surface area contributed by atoms with Crippen LogP contribution < -0.4 is 0 Å². The Kier molecular flexibility index (Phi) is 3.15. The molecule has 0 saturated carbocycles. The Morgan fingerprint density at radius 3 is 2.50 bits per heavy atom. The Labute approximate surface area is 107 Å². The molecule has 18 heavy (non-hydrogen) atoms. The van der Waals surface area contributed by atoms with Gasteiger partial charge < -0.3 is 9.64 Å². The molecule has 2 unspecified atom stereocenters. The lowest BCUT2D eigenvalue weighted by Crippen LogP contribution is -2.48. The lowest BCUT2D eigenvalue weighted by molar-refractivity contribution is -0.135. The first kappa shape index (κ1) is 11.5. The standard InChI is InChI=1S/C15H17NO2/c17-15(9-6-12-4-2-1-3-5-12)16-13-7-8-14(16)11-18-10-13/h1-6,9,13-14H,7-8,10-11H2. The van der Waals surface area contributed by atoms with Crippen molar-refractivity contribution in [3.05, 3.63) is 42.0 Å². The largest absolute Gasteiger partial charge is 0.377 e. The fourth-order valence-corrected chi connectivity index (χ4v) is 2.81. The van der Waals surface area contributed by atoms with Crippen molar-refractivity contribution >= 4 is 12.0 Å². The topological polar surface area (TPSA) is 29.5 Å². The second kappa shape index (κ2) is 4.94. The minimum Gasteiger partial charge on any atom is -0.377 e. The van der Waals surface area contributed by atoms with Crippen molar-refractivity contribution < 1.29 is 9.53 Å². The molecule has 2 saturated heterocycles. The summed E-state index contributed by atoms with van der Waals surface area (Å²) in [5.74, 6) is 0.120. The molecule has 1 aromatic rings. The summed E-state index contributed by atoms with van der Waals surface area (Å²) in [5, 5.41) is 0. The molecule has 0 N–H and O–H groups in total. The molecule has 3 rings (SSSR count). The van der Waals surface area contributed by atoms with Crippen LogP contribution in [-0.4, -0.2) is 36.1 Å². The number of amides is 1. The van der Waals surface area contributed by atoms with E-state index >= 15 is 0 Å². The zero-order valence-corrected chi connectivity index (χ0v) is 10.3. The Morgan fingerprint density at radius 2 is 1.83 bits per heavy atom. The van der Waals surface area contributed by atoms with E-state index in [0.717, 1.165) is 18.4 Å². The van der Waals surface area contributed by atoms with Crippen LogP contribution in [0.2, 0.25) is 0 Å². The number of carbonyl (C=O) groups is 1. The first-order valence-corrected chi connectivity index (χ1v) is 6.48. The van der Waals surface area contributed by atoms with E-state index in [1.54, 1.807) is 6.08 Å². The summed E-state index contributed by atoms with van der Waals surface area (Å²) in [4.78, 5) is 14.2. The zero-order valence-electron chi connectivity index (χ0n) is 10.3. The first-order chi connectivity index (χ1) is 8.84. The van der Waals surface area contributed by atoms with Gasteiger partial charge in [-0.1, -0.05) is 30.3 Å². The van der Waals surface area contributed by atoms with Gasteiger partial charge in [-0.15, -0.1) is 0 Å². The van der Waals surface area contributed by atoms with Gasteiger partial charge in [0, 0.05) is 6.08 Å². The Morgan fingerprint density at radius 1 is 1.17 bits per heavy atom. The molecule has 2 atom stereocenters. The molecule has 1 aromatic carbocycles. The van der Waals surface area contributed by atoms with E-state index < -0.39 is 0 Å². The van der Waals surface area contributed by atoms with Gasteiger partial charge in [0.2, 0.25) is 5.91 Å². The second-order valence-electron chi connectivity index (χ2n) is 4.91. The predicted molar refractivity (Wildman–Crippen MR) is 70.0 cm³/mol. The summed E-state index contributed by atoms with van der Waals surface area (Å²) < 4.78 is 5.48. The molecule has 0 spiro atoms. The maximum absolute atomic E-state index is 12.2. The molecule has 3 heteroatoms. The molecule has 2 aliphatic rings. The molecule has 2 heterocycles. The lowest BCUT2D eigenvalue weighted by Gasteiger charge is -2.33. The molecule has 2 fully saturated rings. The Hall–Kier alpha value is -1.61. The summed E-state index contributed by atoms with van der Waals surface area (Å²) in [6, 6.07) is 10.5. The van der Waals surface area contributed by atoms with Crippen molar-refractivity contribution in [2.24, 2.45) is 0 Å². The van der Waals surface area contributed by atoms with Gasteiger partial charge in [-0.05, 0) is 24.5 Å². The van der Waals surface area contributed by atoms with Crippen LogP contribution in [0.3, 0.4) is 0 Å². The molecule has 0 radical (unpaired) electrons. The minimum absolute atomic E-state index is 0.120. The molecular formula is C15H17NO2. The van der Waals surface area contributed by atoms with Crippen molar-refractivity contribution in [3.63, 3.8) is 0 Å². The van der Waals surface area contributed by atoms with Crippen LogP contribution in [0.5, 0.6) is 0 Å². The van der Waals surface area contributed by atoms with E-state index in [1.807, 2.05) is 41.3 Å². The monoisotopic (exact) mass is 243 g/mol. The van der Waals surface area contributed by atoms with Gasteiger partial charge in [-0.25, -0.2) is 0 Å². The van der Waals surface area contributed by atoms with Crippen LogP contribution >= 0.6 is 0 Å². The number of benzene rings is 1. The van der Waals surface area contributed by atoms with Gasteiger partial charge in [0.25, 0.3) is 0 Å². The number of hydrogen-bond donors (Lipinski definition) is 0. The highest BCUT2D eigenvalue weighted by Gasteiger charge is 2.39. The van der Waals surface area contributed by atoms with Crippen LogP contribution in [0.4, 0.5) is 0 Å². The number of fused-ring (bicyclic) bond motifs is 2. The number of nitrogens with zero attached hydrogens (tertiary/aromatic N) is 1. The van der Waals surface area contributed by atoms with Crippen molar-refractivity contribution in [1.29, 1.82) is 0 Å². The van der Waals surface area contributed by atoms with Gasteiger partial charge in [0.15, 0.2) is 0 Å². The maximum Gasteiger partial charge on any atom is 0.247 e. The van der Waals surface area contributed by atoms with E-state index in [-0.39, 0.29) is 18.0 Å². The minimum atomic E-state index is 0.120. The van der Waals surface area contributed by atoms with Gasteiger partial charge in [0.1, 0.15) is 0 Å². The number of carbonyl (C=O) groups excluding carboxylic acids is 1. The maximum atomic E-state index is 12.2. The number of ether oxygens (including phenoxy) is 1. The SMILES string of the molecule is O=C(C=Cc1ccccc1)N1C2CCC1COC2. The summed E-state index contributed by atoms with van der Waals surface area (Å²) in [5.41, 5.74) is 1.06. The van der Waals surface area contributed by atoms with E-state index in [4.69, 9.17) is 4.74 Å². The summed E-state index contributed by atoms with van der Waals surface area (Å²) in [6.45, 7) is 1.39. The summed E-state index contributed by atoms with van der Waals surface area (Å²) in [7, 11) is 0. The third kappa shape index (κ3) is 2.18. The van der Waals surface area contributed by atoms with Crippen LogP contribution in [-0.2, 0) is 9.53 Å². The van der Waals surface area contributed by atoms with E-state index in [9.17, 15) is 4.79 Å². The molecule has 0 aliphatic carbocycles. The summed E-state index contributed by atoms with van der Waals surface area (Å²) in [6.07, 6.45) is 5.73. The van der Waals surface area contributed by atoms with E-state index in [0.29, 0.717) is 13.2 Å². The van der Waals surface area contributed by atoms with Crippen LogP contribution in [0.1, 0.15) is 18.4 Å². The van der Waals surface area contributed by atoms with Gasteiger partial charge >= 0.3 is 0 Å². The number of hydrogen-bond acceptors (Lipinski definition) is 2. The van der Waals surface area contributed by atoms with Gasteiger partial charge in [0.05, 0.1) is 25.3 Å².